The fraction of sp³-hybridized carbons (Fsp3) is 0.875. The fourth-order valence-electron chi connectivity index (χ4n) is 4.94. The van der Waals surface area contributed by atoms with Crippen molar-refractivity contribution < 1.29 is 19.2 Å². The summed E-state index contributed by atoms with van der Waals surface area (Å²) in [7, 11) is 0. The van der Waals surface area contributed by atoms with Crippen LogP contribution in [0.3, 0.4) is 0 Å². The third-order valence-corrected chi connectivity index (χ3v) is 7.61. The topological polar surface area (TPSA) is 182 Å². The van der Waals surface area contributed by atoms with Crippen molar-refractivity contribution in [3.63, 3.8) is 0 Å². The average molecular weight is 597 g/mol. The van der Waals surface area contributed by atoms with Crippen LogP contribution in [0.15, 0.2) is 0 Å². The van der Waals surface area contributed by atoms with Crippen LogP contribution >= 0.6 is 0 Å². The minimum absolute atomic E-state index is 0.0485. The lowest BCUT2D eigenvalue weighted by atomic mass is 10.1. The van der Waals surface area contributed by atoms with E-state index in [2.05, 4.69) is 22.9 Å². The van der Waals surface area contributed by atoms with Crippen LogP contribution in [-0.2, 0) is 19.2 Å². The van der Waals surface area contributed by atoms with Crippen molar-refractivity contribution in [3.05, 3.63) is 0 Å². The molecule has 0 rings (SSSR count). The molecule has 0 radical (unpaired) electrons. The molecule has 0 fully saturated rings. The molecule has 42 heavy (non-hydrogen) atoms. The van der Waals surface area contributed by atoms with E-state index in [1.54, 1.807) is 0 Å². The molecule has 0 saturated heterocycles. The Kier molecular flexibility index (Phi) is 27.4. The number of hydrogen-bond acceptors (Lipinski definition) is 6. The summed E-state index contributed by atoms with van der Waals surface area (Å²) in [4.78, 5) is 49.0. The molecule has 0 spiro atoms. The summed E-state index contributed by atoms with van der Waals surface area (Å²) >= 11 is 0. The largest absolute Gasteiger partial charge is 0.368 e. The zero-order valence-electron chi connectivity index (χ0n) is 26.7. The predicted octanol–water partition coefficient (Wildman–Crippen LogP) is 4.08. The van der Waals surface area contributed by atoms with Gasteiger partial charge in [0.15, 0.2) is 0 Å². The first-order valence-electron chi connectivity index (χ1n) is 16.9. The molecule has 10 heteroatoms. The van der Waals surface area contributed by atoms with E-state index in [1.807, 2.05) is 0 Å². The maximum atomic E-state index is 12.8. The SMILES string of the molecule is CCCCCCCCCCCC(=O)N[C@@H](CCCCN)C(=O)NCCCCCCCC(=O)N[C@@H](CCCCN)C(N)=O. The lowest BCUT2D eigenvalue weighted by Crippen LogP contribution is -2.47. The van der Waals surface area contributed by atoms with Crippen LogP contribution in [0.25, 0.3) is 0 Å². The monoisotopic (exact) mass is 596 g/mol. The number of nitrogens with one attached hydrogen (secondary N) is 3. The Bertz CT molecular complexity index is 706. The van der Waals surface area contributed by atoms with Gasteiger partial charge in [-0.05, 0) is 70.9 Å². The molecular formula is C32H64N6O4. The molecule has 4 amide bonds. The van der Waals surface area contributed by atoms with Gasteiger partial charge in [-0.1, -0.05) is 77.6 Å². The van der Waals surface area contributed by atoms with Crippen molar-refractivity contribution in [2.24, 2.45) is 17.2 Å². The van der Waals surface area contributed by atoms with Gasteiger partial charge in [-0.3, -0.25) is 19.2 Å². The van der Waals surface area contributed by atoms with Crippen molar-refractivity contribution in [2.45, 2.75) is 160 Å². The molecule has 0 saturated carbocycles. The van der Waals surface area contributed by atoms with Crippen LogP contribution < -0.4 is 33.2 Å². The second-order valence-corrected chi connectivity index (χ2v) is 11.6. The van der Waals surface area contributed by atoms with E-state index in [0.29, 0.717) is 45.3 Å². The average Bonchev–Trinajstić information content (AvgIpc) is 2.96. The van der Waals surface area contributed by atoms with Gasteiger partial charge in [0.05, 0.1) is 0 Å². The van der Waals surface area contributed by atoms with Crippen LogP contribution in [0.5, 0.6) is 0 Å². The quantitative estimate of drug-likeness (QED) is 0.0679. The van der Waals surface area contributed by atoms with Gasteiger partial charge < -0.3 is 33.2 Å². The van der Waals surface area contributed by atoms with Crippen molar-refractivity contribution >= 4 is 23.6 Å². The van der Waals surface area contributed by atoms with Crippen molar-refractivity contribution in [2.75, 3.05) is 19.6 Å². The Morgan fingerprint density at radius 3 is 1.45 bits per heavy atom. The third kappa shape index (κ3) is 24.4. The molecule has 0 unspecified atom stereocenters. The highest BCUT2D eigenvalue weighted by Gasteiger charge is 2.20. The Labute approximate surface area is 255 Å². The summed E-state index contributed by atoms with van der Waals surface area (Å²) in [5.74, 6) is -0.839. The number of carbonyl (C=O) groups is 4. The number of carbonyl (C=O) groups excluding carboxylic acids is 4. The van der Waals surface area contributed by atoms with Crippen molar-refractivity contribution in [3.8, 4) is 0 Å². The van der Waals surface area contributed by atoms with Crippen LogP contribution in [0.1, 0.15) is 148 Å². The summed E-state index contributed by atoms with van der Waals surface area (Å²) in [6.45, 7) is 3.91. The Morgan fingerprint density at radius 1 is 0.548 bits per heavy atom. The summed E-state index contributed by atoms with van der Waals surface area (Å²) in [6.07, 6.45) is 20.3. The maximum Gasteiger partial charge on any atom is 0.242 e. The van der Waals surface area contributed by atoms with Gasteiger partial charge in [-0.2, -0.15) is 0 Å². The van der Waals surface area contributed by atoms with Gasteiger partial charge in [0, 0.05) is 19.4 Å². The van der Waals surface area contributed by atoms with Gasteiger partial charge in [0.2, 0.25) is 23.6 Å². The summed E-state index contributed by atoms with van der Waals surface area (Å²) in [5, 5.41) is 8.66. The zero-order chi connectivity index (χ0) is 31.3. The minimum Gasteiger partial charge on any atom is -0.368 e. The fourth-order valence-corrected chi connectivity index (χ4v) is 4.94. The predicted molar refractivity (Wildman–Crippen MR) is 171 cm³/mol. The molecule has 0 aliphatic rings. The first kappa shape index (κ1) is 39.8. The summed E-state index contributed by atoms with van der Waals surface area (Å²) in [5.41, 5.74) is 16.5. The summed E-state index contributed by atoms with van der Waals surface area (Å²) in [6, 6.07) is -1.15. The van der Waals surface area contributed by atoms with Gasteiger partial charge in [0.1, 0.15) is 12.1 Å². The molecule has 0 aromatic rings. The van der Waals surface area contributed by atoms with Crippen molar-refractivity contribution in [1.82, 2.24) is 16.0 Å². The molecule has 0 aromatic heterocycles. The van der Waals surface area contributed by atoms with E-state index in [9.17, 15) is 19.2 Å². The normalized spacial score (nSPS) is 12.5. The smallest absolute Gasteiger partial charge is 0.242 e. The third-order valence-electron chi connectivity index (χ3n) is 7.61. The second-order valence-electron chi connectivity index (χ2n) is 11.6. The number of hydrogen-bond donors (Lipinski definition) is 6. The first-order valence-corrected chi connectivity index (χ1v) is 16.9. The molecule has 0 aliphatic carbocycles. The Balaban J connectivity index is 4.12. The molecule has 10 nitrogen and oxygen atoms in total. The number of amides is 4. The van der Waals surface area contributed by atoms with Gasteiger partial charge in [-0.15, -0.1) is 0 Å². The van der Waals surface area contributed by atoms with Crippen LogP contribution in [0.4, 0.5) is 0 Å². The van der Waals surface area contributed by atoms with Gasteiger partial charge in [0.25, 0.3) is 0 Å². The molecule has 246 valence electrons. The number of primary amides is 1. The highest BCUT2D eigenvalue weighted by molar-refractivity contribution is 5.87. The zero-order valence-corrected chi connectivity index (χ0v) is 26.7. The van der Waals surface area contributed by atoms with E-state index >= 15 is 0 Å². The molecule has 0 aliphatic heterocycles. The number of unbranched alkanes of at least 4 members (excludes halogenated alkanes) is 14. The molecule has 0 aromatic carbocycles. The molecule has 2 atom stereocenters. The minimum atomic E-state index is -0.633. The van der Waals surface area contributed by atoms with E-state index in [1.165, 1.54) is 44.9 Å². The van der Waals surface area contributed by atoms with Crippen LogP contribution in [-0.4, -0.2) is 55.3 Å². The van der Waals surface area contributed by atoms with E-state index in [-0.39, 0.29) is 17.7 Å². The highest BCUT2D eigenvalue weighted by Crippen LogP contribution is 2.11. The molecule has 9 N–H and O–H groups in total. The van der Waals surface area contributed by atoms with Crippen LogP contribution in [0.2, 0.25) is 0 Å². The first-order chi connectivity index (χ1) is 20.3. The Hall–Kier alpha value is -2.20. The van der Waals surface area contributed by atoms with Gasteiger partial charge >= 0.3 is 0 Å². The summed E-state index contributed by atoms with van der Waals surface area (Å²) < 4.78 is 0. The second kappa shape index (κ2) is 28.9. The standard InChI is InChI=1S/C32H64N6O4/c1-2-3-4-5-6-7-8-10-13-23-30(40)38-28(21-16-18-25-34)32(42)36-26-19-12-9-11-14-22-29(39)37-27(31(35)41)20-15-17-24-33/h27-28H,2-26,33-34H2,1H3,(H2,35,41)(H,36,42)(H,37,39)(H,38,40)/t27-,28-/m0/s1. The van der Waals surface area contributed by atoms with Gasteiger partial charge in [-0.25, -0.2) is 0 Å². The van der Waals surface area contributed by atoms with Crippen LogP contribution in [0, 0.1) is 0 Å². The number of nitrogens with two attached hydrogens (primary N) is 3. The molecule has 0 bridgehead atoms. The molecule has 0 heterocycles. The maximum absolute atomic E-state index is 12.8. The van der Waals surface area contributed by atoms with E-state index < -0.39 is 18.0 Å². The number of rotatable bonds is 30. The molecular weight excluding hydrogens is 532 g/mol. The van der Waals surface area contributed by atoms with E-state index in [0.717, 1.165) is 70.6 Å². The highest BCUT2D eigenvalue weighted by atomic mass is 16.2. The van der Waals surface area contributed by atoms with Crippen molar-refractivity contribution in [1.29, 1.82) is 0 Å². The lowest BCUT2D eigenvalue weighted by Gasteiger charge is -2.18. The Morgan fingerprint density at radius 2 is 0.976 bits per heavy atom. The van der Waals surface area contributed by atoms with E-state index in [4.69, 9.17) is 17.2 Å². The lowest BCUT2D eigenvalue weighted by molar-refractivity contribution is -0.129.